The van der Waals surface area contributed by atoms with Gasteiger partial charge in [0.15, 0.2) is 0 Å². The second-order valence-corrected chi connectivity index (χ2v) is 7.14. The van der Waals surface area contributed by atoms with Crippen LogP contribution in [0.1, 0.15) is 17.3 Å². The molecule has 4 heteroatoms. The van der Waals surface area contributed by atoms with Crippen LogP contribution in [0.15, 0.2) is 90.0 Å². The van der Waals surface area contributed by atoms with Crippen LogP contribution in [0.25, 0.3) is 22.0 Å². The third-order valence-corrected chi connectivity index (χ3v) is 5.31. The van der Waals surface area contributed by atoms with Gasteiger partial charge in [0.25, 0.3) is 0 Å². The molecule has 0 amide bonds. The van der Waals surface area contributed by atoms with Gasteiger partial charge in [-0.1, -0.05) is 48.5 Å². The molecule has 4 rings (SSSR count). The van der Waals surface area contributed by atoms with Crippen LogP contribution < -0.4 is 0 Å². The van der Waals surface area contributed by atoms with E-state index >= 15 is 0 Å². The van der Waals surface area contributed by atoms with Crippen molar-refractivity contribution in [2.24, 2.45) is 0 Å². The zero-order chi connectivity index (χ0) is 18.6. The lowest BCUT2D eigenvalue weighted by atomic mass is 10.0. The summed E-state index contributed by atoms with van der Waals surface area (Å²) >= 11 is 1.69. The summed E-state index contributed by atoms with van der Waals surface area (Å²) in [6.45, 7) is 2.19. The van der Waals surface area contributed by atoms with Crippen molar-refractivity contribution in [2.45, 2.75) is 11.8 Å². The Morgan fingerprint density at radius 3 is 2.37 bits per heavy atom. The zero-order valence-corrected chi connectivity index (χ0v) is 15.8. The number of carbonyl (C=O) groups is 1. The third-order valence-electron chi connectivity index (χ3n) is 4.33. The Bertz CT molecular complexity index is 1070. The van der Waals surface area contributed by atoms with Gasteiger partial charge in [0.2, 0.25) is 0 Å². The average molecular weight is 373 g/mol. The molecule has 134 valence electrons. The predicted octanol–water partition coefficient (Wildman–Crippen LogP) is 6.04. The van der Waals surface area contributed by atoms with Crippen LogP contribution in [0.2, 0.25) is 0 Å². The van der Waals surface area contributed by atoms with E-state index in [1.807, 2.05) is 49.4 Å². The highest BCUT2D eigenvalue weighted by atomic mass is 32.2. The van der Waals surface area contributed by atoms with Crippen molar-refractivity contribution in [3.63, 3.8) is 0 Å². The smallest absolute Gasteiger partial charge is 0.338 e. The van der Waals surface area contributed by atoms with Crippen LogP contribution in [0, 0.1) is 0 Å². The minimum Gasteiger partial charge on any atom is -0.462 e. The summed E-state index contributed by atoms with van der Waals surface area (Å²) in [4.78, 5) is 13.1. The molecule has 4 aromatic rings. The van der Waals surface area contributed by atoms with Gasteiger partial charge < -0.3 is 4.74 Å². The van der Waals surface area contributed by atoms with Crippen molar-refractivity contribution in [1.82, 2.24) is 3.97 Å². The number of esters is 1. The quantitative estimate of drug-likeness (QED) is 0.400. The molecular formula is C23H19NO2S. The van der Waals surface area contributed by atoms with Crippen molar-refractivity contribution in [3.05, 3.63) is 90.6 Å². The number of ether oxygens (including phenoxy) is 1. The van der Waals surface area contributed by atoms with Crippen LogP contribution in [-0.4, -0.2) is 16.5 Å². The lowest BCUT2D eigenvalue weighted by Gasteiger charge is -2.04. The van der Waals surface area contributed by atoms with Gasteiger partial charge in [-0.05, 0) is 54.8 Å². The summed E-state index contributed by atoms with van der Waals surface area (Å²) in [5.41, 5.74) is 3.95. The molecule has 0 aliphatic heterocycles. The molecule has 0 saturated heterocycles. The van der Waals surface area contributed by atoms with Crippen molar-refractivity contribution in [3.8, 4) is 11.1 Å². The van der Waals surface area contributed by atoms with Gasteiger partial charge in [-0.15, -0.1) is 0 Å². The first-order valence-electron chi connectivity index (χ1n) is 8.87. The van der Waals surface area contributed by atoms with Crippen LogP contribution >= 0.6 is 11.9 Å². The second kappa shape index (κ2) is 7.72. The molecule has 3 aromatic carbocycles. The van der Waals surface area contributed by atoms with E-state index in [-0.39, 0.29) is 5.97 Å². The number of rotatable bonds is 5. The molecule has 0 atom stereocenters. The highest BCUT2D eigenvalue weighted by Gasteiger charge is 2.12. The van der Waals surface area contributed by atoms with E-state index in [2.05, 4.69) is 46.6 Å². The molecule has 0 aliphatic rings. The maximum atomic E-state index is 11.9. The van der Waals surface area contributed by atoms with E-state index in [0.717, 1.165) is 16.6 Å². The van der Waals surface area contributed by atoms with Crippen LogP contribution in [0.4, 0.5) is 0 Å². The Labute approximate surface area is 162 Å². The van der Waals surface area contributed by atoms with Gasteiger partial charge in [-0.2, -0.15) is 0 Å². The maximum absolute atomic E-state index is 11.9. The van der Waals surface area contributed by atoms with Crippen molar-refractivity contribution >= 4 is 28.8 Å². The Hall–Kier alpha value is -2.98. The first-order valence-corrected chi connectivity index (χ1v) is 9.64. The van der Waals surface area contributed by atoms with Crippen LogP contribution in [0.3, 0.4) is 0 Å². The van der Waals surface area contributed by atoms with Crippen LogP contribution in [-0.2, 0) is 4.74 Å². The van der Waals surface area contributed by atoms with Gasteiger partial charge in [0.05, 0.1) is 17.7 Å². The fourth-order valence-electron chi connectivity index (χ4n) is 3.05. The number of hydrogen-bond donors (Lipinski definition) is 0. The number of para-hydroxylation sites is 1. The molecule has 0 aliphatic carbocycles. The summed E-state index contributed by atoms with van der Waals surface area (Å²) < 4.78 is 7.26. The Morgan fingerprint density at radius 1 is 0.926 bits per heavy atom. The number of fused-ring (bicyclic) bond motifs is 1. The molecule has 0 fully saturated rings. The van der Waals surface area contributed by atoms with Gasteiger partial charge in [0, 0.05) is 22.0 Å². The molecule has 3 nitrogen and oxygen atoms in total. The predicted molar refractivity (Wildman–Crippen MR) is 111 cm³/mol. The molecule has 27 heavy (non-hydrogen) atoms. The highest BCUT2D eigenvalue weighted by Crippen LogP contribution is 2.35. The Balaban J connectivity index is 1.73. The number of nitrogens with zero attached hydrogens (tertiary/aromatic N) is 1. The fraction of sp³-hybridized carbons (Fsp3) is 0.0870. The fourth-order valence-corrected chi connectivity index (χ4v) is 3.97. The SMILES string of the molecule is CCOC(=O)c1ccc(-c2cn(Sc3ccccc3)c3ccccc23)cc1. The number of hydrogen-bond acceptors (Lipinski definition) is 3. The molecule has 1 heterocycles. The van der Waals surface area contributed by atoms with Gasteiger partial charge in [0.1, 0.15) is 0 Å². The summed E-state index contributed by atoms with van der Waals surface area (Å²) in [6, 6.07) is 26.3. The van der Waals surface area contributed by atoms with Gasteiger partial charge in [-0.3, -0.25) is 3.97 Å². The normalized spacial score (nSPS) is 10.9. The summed E-state index contributed by atoms with van der Waals surface area (Å²) in [6.07, 6.45) is 2.15. The minimum absolute atomic E-state index is 0.286. The second-order valence-electron chi connectivity index (χ2n) is 6.09. The monoisotopic (exact) mass is 373 g/mol. The first kappa shape index (κ1) is 17.4. The Kier molecular flexibility index (Phi) is 4.99. The molecular weight excluding hydrogens is 354 g/mol. The molecule has 1 aromatic heterocycles. The molecule has 0 unspecified atom stereocenters. The molecule has 0 N–H and O–H groups in total. The standard InChI is InChI=1S/C23H19NO2S/c1-2-26-23(25)18-14-12-17(13-15-18)21-16-24(22-11-7-6-10-20(21)22)27-19-8-4-3-5-9-19/h3-16H,2H2,1H3. The van der Waals surface area contributed by atoms with Crippen LogP contribution in [0.5, 0.6) is 0 Å². The third kappa shape index (κ3) is 3.62. The lowest BCUT2D eigenvalue weighted by Crippen LogP contribution is -2.03. The summed E-state index contributed by atoms with van der Waals surface area (Å²) in [7, 11) is 0. The number of carbonyl (C=O) groups excluding carboxylic acids is 1. The number of benzene rings is 3. The molecule has 0 saturated carbocycles. The van der Waals surface area contributed by atoms with Crippen molar-refractivity contribution in [1.29, 1.82) is 0 Å². The molecule has 0 spiro atoms. The topological polar surface area (TPSA) is 31.2 Å². The van der Waals surface area contributed by atoms with E-state index in [0.29, 0.717) is 12.2 Å². The average Bonchev–Trinajstić information content (AvgIpc) is 3.08. The largest absolute Gasteiger partial charge is 0.462 e. The van der Waals surface area contributed by atoms with E-state index in [1.165, 1.54) is 10.3 Å². The zero-order valence-electron chi connectivity index (χ0n) is 15.0. The number of aromatic nitrogens is 1. The van der Waals surface area contributed by atoms with E-state index in [4.69, 9.17) is 4.74 Å². The van der Waals surface area contributed by atoms with Gasteiger partial charge in [-0.25, -0.2) is 4.79 Å². The molecule has 0 radical (unpaired) electrons. The highest BCUT2D eigenvalue weighted by molar-refractivity contribution is 7.98. The Morgan fingerprint density at radius 2 is 1.63 bits per heavy atom. The van der Waals surface area contributed by atoms with Gasteiger partial charge >= 0.3 is 5.97 Å². The molecule has 0 bridgehead atoms. The van der Waals surface area contributed by atoms with Crippen molar-refractivity contribution in [2.75, 3.05) is 6.61 Å². The van der Waals surface area contributed by atoms with E-state index in [9.17, 15) is 4.79 Å². The summed E-state index contributed by atoms with van der Waals surface area (Å²) in [5, 5.41) is 1.19. The first-order chi connectivity index (χ1) is 13.3. The van der Waals surface area contributed by atoms with E-state index in [1.54, 1.807) is 11.9 Å². The summed E-state index contributed by atoms with van der Waals surface area (Å²) in [5.74, 6) is -0.286. The van der Waals surface area contributed by atoms with Crippen molar-refractivity contribution < 1.29 is 9.53 Å². The van der Waals surface area contributed by atoms with E-state index < -0.39 is 0 Å². The lowest BCUT2D eigenvalue weighted by molar-refractivity contribution is 0.0526. The maximum Gasteiger partial charge on any atom is 0.338 e. The minimum atomic E-state index is -0.286.